The SMILES string of the molecule is CCc1cc2c(COC(=O)[C@@H]3C[C@H]3C)cc(=O)oc2cc1O. The standard InChI is InChI=1S/C17H18O5/c1-3-10-5-13-11(8-21-17(20)12-4-9(12)2)6-16(19)22-15(13)7-14(10)18/h5-7,9,12,18H,3-4,8H2,1-2H3/t9-,12-/m1/s1. The van der Waals surface area contributed by atoms with Gasteiger partial charge in [-0.2, -0.15) is 0 Å². The van der Waals surface area contributed by atoms with Crippen LogP contribution >= 0.6 is 0 Å². The molecule has 0 spiro atoms. The molecule has 5 heteroatoms. The molecular formula is C17H18O5. The van der Waals surface area contributed by atoms with Crippen LogP contribution in [0.4, 0.5) is 0 Å². The fourth-order valence-corrected chi connectivity index (χ4v) is 2.62. The van der Waals surface area contributed by atoms with Gasteiger partial charge in [0.15, 0.2) is 0 Å². The third-order valence-electron chi connectivity index (χ3n) is 4.19. The van der Waals surface area contributed by atoms with E-state index in [9.17, 15) is 14.7 Å². The molecule has 1 aromatic heterocycles. The molecule has 1 N–H and O–H groups in total. The van der Waals surface area contributed by atoms with Gasteiger partial charge in [0.05, 0.1) is 5.92 Å². The molecule has 0 aliphatic heterocycles. The monoisotopic (exact) mass is 302 g/mol. The summed E-state index contributed by atoms with van der Waals surface area (Å²) in [6.07, 6.45) is 1.52. The summed E-state index contributed by atoms with van der Waals surface area (Å²) in [5.74, 6) is 0.248. The van der Waals surface area contributed by atoms with Gasteiger partial charge in [0.1, 0.15) is 17.9 Å². The number of fused-ring (bicyclic) bond motifs is 1. The van der Waals surface area contributed by atoms with Crippen LogP contribution in [0.3, 0.4) is 0 Å². The summed E-state index contributed by atoms with van der Waals surface area (Å²) in [6, 6.07) is 4.54. The highest BCUT2D eigenvalue weighted by atomic mass is 16.5. The highest BCUT2D eigenvalue weighted by Gasteiger charge is 2.40. The normalized spacial score (nSPS) is 20.1. The minimum atomic E-state index is -0.526. The number of esters is 1. The summed E-state index contributed by atoms with van der Waals surface area (Å²) >= 11 is 0. The van der Waals surface area contributed by atoms with Gasteiger partial charge in [0.2, 0.25) is 0 Å². The molecule has 0 radical (unpaired) electrons. The largest absolute Gasteiger partial charge is 0.508 e. The summed E-state index contributed by atoms with van der Waals surface area (Å²) in [5.41, 5.74) is 1.13. The molecule has 1 aliphatic carbocycles. The molecule has 1 aliphatic rings. The van der Waals surface area contributed by atoms with Crippen LogP contribution in [0.5, 0.6) is 5.75 Å². The second-order valence-corrected chi connectivity index (χ2v) is 5.85. The lowest BCUT2D eigenvalue weighted by Gasteiger charge is -2.09. The van der Waals surface area contributed by atoms with Crippen molar-refractivity contribution < 1.29 is 19.1 Å². The van der Waals surface area contributed by atoms with Crippen molar-refractivity contribution in [2.75, 3.05) is 0 Å². The summed E-state index contributed by atoms with van der Waals surface area (Å²) < 4.78 is 10.4. The number of benzene rings is 1. The van der Waals surface area contributed by atoms with Gasteiger partial charge >= 0.3 is 11.6 Å². The Hall–Kier alpha value is -2.30. The molecule has 116 valence electrons. The van der Waals surface area contributed by atoms with Crippen LogP contribution in [-0.2, 0) is 22.6 Å². The van der Waals surface area contributed by atoms with Gasteiger partial charge in [0.25, 0.3) is 0 Å². The minimum Gasteiger partial charge on any atom is -0.508 e. The lowest BCUT2D eigenvalue weighted by atomic mass is 10.0. The zero-order chi connectivity index (χ0) is 15.9. The Kier molecular flexibility index (Phi) is 3.64. The Bertz CT molecular complexity index is 789. The third kappa shape index (κ3) is 2.71. The molecule has 0 amide bonds. The van der Waals surface area contributed by atoms with Crippen molar-refractivity contribution in [2.24, 2.45) is 11.8 Å². The van der Waals surface area contributed by atoms with E-state index in [4.69, 9.17) is 9.15 Å². The number of carbonyl (C=O) groups excluding carboxylic acids is 1. The average molecular weight is 302 g/mol. The molecule has 22 heavy (non-hydrogen) atoms. The number of ether oxygens (including phenoxy) is 1. The Balaban J connectivity index is 1.93. The zero-order valence-corrected chi connectivity index (χ0v) is 12.6. The van der Waals surface area contributed by atoms with Crippen molar-refractivity contribution in [1.82, 2.24) is 0 Å². The number of aromatic hydroxyl groups is 1. The molecule has 0 bridgehead atoms. The number of phenolic OH excluding ortho intramolecular Hbond substituents is 1. The highest BCUT2D eigenvalue weighted by molar-refractivity contribution is 5.83. The topological polar surface area (TPSA) is 76.7 Å². The number of phenols is 1. The van der Waals surface area contributed by atoms with E-state index in [1.54, 1.807) is 6.07 Å². The van der Waals surface area contributed by atoms with Gasteiger partial charge in [0, 0.05) is 23.1 Å². The summed E-state index contributed by atoms with van der Waals surface area (Å²) in [7, 11) is 0. The predicted molar refractivity (Wildman–Crippen MR) is 80.6 cm³/mol. The van der Waals surface area contributed by atoms with Crippen molar-refractivity contribution in [1.29, 1.82) is 0 Å². The maximum absolute atomic E-state index is 11.8. The zero-order valence-electron chi connectivity index (χ0n) is 12.6. The maximum Gasteiger partial charge on any atom is 0.336 e. The van der Waals surface area contributed by atoms with Crippen molar-refractivity contribution in [3.8, 4) is 5.75 Å². The first-order valence-electron chi connectivity index (χ1n) is 7.45. The molecule has 2 aromatic rings. The summed E-state index contributed by atoms with van der Waals surface area (Å²) in [4.78, 5) is 23.4. The predicted octanol–water partition coefficient (Wildman–Crippen LogP) is 2.76. The van der Waals surface area contributed by atoms with E-state index < -0.39 is 5.63 Å². The molecule has 2 atom stereocenters. The minimum absolute atomic E-state index is 0.0124. The molecule has 0 saturated heterocycles. The summed E-state index contributed by atoms with van der Waals surface area (Å²) in [5, 5.41) is 10.6. The van der Waals surface area contributed by atoms with E-state index >= 15 is 0 Å². The lowest BCUT2D eigenvalue weighted by molar-refractivity contribution is -0.146. The van der Waals surface area contributed by atoms with Crippen molar-refractivity contribution in [3.63, 3.8) is 0 Å². The first-order valence-corrected chi connectivity index (χ1v) is 7.45. The van der Waals surface area contributed by atoms with Crippen LogP contribution in [0.1, 0.15) is 31.4 Å². The number of hydrogen-bond donors (Lipinski definition) is 1. The molecule has 0 unspecified atom stereocenters. The fourth-order valence-electron chi connectivity index (χ4n) is 2.62. The Morgan fingerprint density at radius 2 is 2.09 bits per heavy atom. The number of carbonyl (C=O) groups is 1. The van der Waals surface area contributed by atoms with Gasteiger partial charge < -0.3 is 14.3 Å². The molecular weight excluding hydrogens is 284 g/mol. The number of rotatable bonds is 4. The molecule has 3 rings (SSSR count). The van der Waals surface area contributed by atoms with Crippen LogP contribution in [0, 0.1) is 11.8 Å². The Labute approximate surface area is 127 Å². The number of aryl methyl sites for hydroxylation is 1. The molecule has 1 heterocycles. The van der Waals surface area contributed by atoms with E-state index in [2.05, 4.69) is 0 Å². The fraction of sp³-hybridized carbons (Fsp3) is 0.412. The van der Waals surface area contributed by atoms with Gasteiger partial charge in [-0.15, -0.1) is 0 Å². The second-order valence-electron chi connectivity index (χ2n) is 5.85. The van der Waals surface area contributed by atoms with E-state index in [1.165, 1.54) is 12.1 Å². The Morgan fingerprint density at radius 1 is 1.36 bits per heavy atom. The number of hydrogen-bond acceptors (Lipinski definition) is 5. The van der Waals surface area contributed by atoms with Gasteiger partial charge in [-0.25, -0.2) is 4.79 Å². The van der Waals surface area contributed by atoms with Crippen molar-refractivity contribution in [3.05, 3.63) is 39.7 Å². The molecule has 5 nitrogen and oxygen atoms in total. The first-order chi connectivity index (χ1) is 10.5. The van der Waals surface area contributed by atoms with E-state index in [1.807, 2.05) is 13.8 Å². The van der Waals surface area contributed by atoms with Crippen LogP contribution in [0.25, 0.3) is 11.0 Å². The summed E-state index contributed by atoms with van der Waals surface area (Å²) in [6.45, 7) is 3.97. The molecule has 1 fully saturated rings. The maximum atomic E-state index is 11.8. The smallest absolute Gasteiger partial charge is 0.336 e. The molecule has 1 aromatic carbocycles. The van der Waals surface area contributed by atoms with Crippen LogP contribution < -0.4 is 5.63 Å². The van der Waals surface area contributed by atoms with Gasteiger partial charge in [-0.1, -0.05) is 13.8 Å². The van der Waals surface area contributed by atoms with Crippen LogP contribution in [-0.4, -0.2) is 11.1 Å². The van der Waals surface area contributed by atoms with E-state index in [0.29, 0.717) is 28.9 Å². The van der Waals surface area contributed by atoms with Crippen LogP contribution in [0.2, 0.25) is 0 Å². The van der Waals surface area contributed by atoms with E-state index in [-0.39, 0.29) is 24.2 Å². The second kappa shape index (κ2) is 5.48. The highest BCUT2D eigenvalue weighted by Crippen LogP contribution is 2.38. The lowest BCUT2D eigenvalue weighted by Crippen LogP contribution is -2.09. The third-order valence-corrected chi connectivity index (χ3v) is 4.19. The average Bonchev–Trinajstić information content (AvgIpc) is 3.20. The van der Waals surface area contributed by atoms with Gasteiger partial charge in [-0.3, -0.25) is 4.79 Å². The van der Waals surface area contributed by atoms with Crippen LogP contribution in [0.15, 0.2) is 27.4 Å². The van der Waals surface area contributed by atoms with Crippen molar-refractivity contribution in [2.45, 2.75) is 33.3 Å². The molecule has 1 saturated carbocycles. The van der Waals surface area contributed by atoms with E-state index in [0.717, 1.165) is 12.0 Å². The first kappa shape index (κ1) is 14.6. The van der Waals surface area contributed by atoms with Crippen molar-refractivity contribution >= 4 is 16.9 Å². The Morgan fingerprint density at radius 3 is 2.73 bits per heavy atom. The quantitative estimate of drug-likeness (QED) is 0.694. The van der Waals surface area contributed by atoms with Gasteiger partial charge in [-0.05, 0) is 30.4 Å².